The molecule has 0 aromatic heterocycles. The first-order valence-electron chi connectivity index (χ1n) is 5.32. The summed E-state index contributed by atoms with van der Waals surface area (Å²) in [4.78, 5) is 0. The molecule has 0 aromatic carbocycles. The fraction of sp³-hybridized carbons (Fsp3) is 0.818. The van der Waals surface area contributed by atoms with Crippen LogP contribution in [0.4, 0.5) is 0 Å². The molecular weight excluding hydrogens is 146 g/mol. The largest absolute Gasteiger partial charge is 0.290 e. The van der Waals surface area contributed by atoms with Gasteiger partial charge in [0.25, 0.3) is 0 Å². The van der Waals surface area contributed by atoms with Crippen molar-refractivity contribution >= 4 is 0 Å². The molecule has 0 spiro atoms. The van der Waals surface area contributed by atoms with Crippen LogP contribution in [0.25, 0.3) is 0 Å². The van der Waals surface area contributed by atoms with E-state index in [4.69, 9.17) is 0 Å². The molecule has 67 valence electrons. The average Bonchev–Trinajstić information content (AvgIpc) is 2.48. The maximum Gasteiger partial charge on any atom is 0.0562 e. The summed E-state index contributed by atoms with van der Waals surface area (Å²) in [6.07, 6.45) is 14.1. The van der Waals surface area contributed by atoms with E-state index in [-0.39, 0.29) is 0 Å². The molecule has 0 N–H and O–H groups in total. The van der Waals surface area contributed by atoms with Crippen molar-refractivity contribution in [1.29, 1.82) is 0 Å². The predicted octanol–water partition coefficient (Wildman–Crippen LogP) is 2.85. The Morgan fingerprint density at radius 2 is 1.75 bits per heavy atom. The normalized spacial score (nSPS) is 31.5. The van der Waals surface area contributed by atoms with Crippen molar-refractivity contribution in [3.05, 3.63) is 12.3 Å². The Labute approximate surface area is 75.2 Å². The molecule has 12 heavy (non-hydrogen) atoms. The fourth-order valence-electron chi connectivity index (χ4n) is 2.44. The summed E-state index contributed by atoms with van der Waals surface area (Å²) in [7, 11) is 0. The zero-order chi connectivity index (χ0) is 8.23. The van der Waals surface area contributed by atoms with Crippen LogP contribution >= 0.6 is 0 Å². The van der Waals surface area contributed by atoms with E-state index >= 15 is 0 Å². The Kier molecular flexibility index (Phi) is 2.70. The highest BCUT2D eigenvalue weighted by Gasteiger charge is 2.23. The van der Waals surface area contributed by atoms with E-state index < -0.39 is 0 Å². The zero-order valence-corrected chi connectivity index (χ0v) is 7.71. The smallest absolute Gasteiger partial charge is 0.0562 e. The highest BCUT2D eigenvalue weighted by molar-refractivity contribution is 4.97. The molecule has 0 amide bonds. The highest BCUT2D eigenvalue weighted by Crippen LogP contribution is 2.28. The Morgan fingerprint density at radius 3 is 2.33 bits per heavy atom. The van der Waals surface area contributed by atoms with E-state index in [1.807, 2.05) is 6.20 Å². The molecule has 1 aliphatic carbocycles. The molecule has 1 radical (unpaired) electrons. The quantitative estimate of drug-likeness (QED) is 0.529. The Bertz CT molecular complexity index is 146. The third kappa shape index (κ3) is 1.82. The van der Waals surface area contributed by atoms with E-state index in [0.717, 1.165) is 5.92 Å². The van der Waals surface area contributed by atoms with Crippen molar-refractivity contribution in [3.63, 3.8) is 0 Å². The second-order valence-electron chi connectivity index (χ2n) is 4.09. The number of hydrogen-bond donors (Lipinski definition) is 0. The fourth-order valence-corrected chi connectivity index (χ4v) is 2.44. The lowest BCUT2D eigenvalue weighted by Crippen LogP contribution is -2.24. The lowest BCUT2D eigenvalue weighted by atomic mass is 9.91. The molecule has 1 heterocycles. The predicted molar refractivity (Wildman–Crippen MR) is 50.9 cm³/mol. The molecule has 0 saturated heterocycles. The number of rotatable bonds is 1. The minimum absolute atomic E-state index is 0.656. The monoisotopic (exact) mass is 164 g/mol. The van der Waals surface area contributed by atoms with Crippen LogP contribution in [0.3, 0.4) is 0 Å². The summed E-state index contributed by atoms with van der Waals surface area (Å²) in [6, 6.07) is 0.656. The van der Waals surface area contributed by atoms with E-state index in [1.165, 1.54) is 44.9 Å². The minimum atomic E-state index is 0.656. The van der Waals surface area contributed by atoms with Crippen LogP contribution in [0.5, 0.6) is 0 Å². The van der Waals surface area contributed by atoms with Crippen LogP contribution in [0.1, 0.15) is 44.9 Å². The van der Waals surface area contributed by atoms with Crippen LogP contribution in [-0.4, -0.2) is 6.04 Å². The summed E-state index contributed by atoms with van der Waals surface area (Å²) in [5, 5.41) is 4.52. The van der Waals surface area contributed by atoms with Crippen molar-refractivity contribution in [2.45, 2.75) is 51.0 Å². The first-order valence-corrected chi connectivity index (χ1v) is 5.32. The molecule has 2 aliphatic rings. The SMILES string of the molecule is C1=C[N]C(C2CCCCCC2)C1. The van der Waals surface area contributed by atoms with Gasteiger partial charge in [0.2, 0.25) is 0 Å². The molecule has 1 saturated carbocycles. The van der Waals surface area contributed by atoms with Crippen molar-refractivity contribution in [3.8, 4) is 0 Å². The van der Waals surface area contributed by atoms with Gasteiger partial charge in [0.05, 0.1) is 6.04 Å². The molecule has 0 bridgehead atoms. The molecule has 1 nitrogen and oxygen atoms in total. The minimum Gasteiger partial charge on any atom is -0.290 e. The Morgan fingerprint density at radius 1 is 1.00 bits per heavy atom. The van der Waals surface area contributed by atoms with Crippen molar-refractivity contribution in [2.24, 2.45) is 5.92 Å². The average molecular weight is 164 g/mol. The summed E-state index contributed by atoms with van der Waals surface area (Å²) >= 11 is 0. The van der Waals surface area contributed by atoms with Gasteiger partial charge in [-0.05, 0) is 25.2 Å². The van der Waals surface area contributed by atoms with E-state index in [2.05, 4.69) is 11.4 Å². The summed E-state index contributed by atoms with van der Waals surface area (Å²) in [6.45, 7) is 0. The van der Waals surface area contributed by atoms with Gasteiger partial charge < -0.3 is 0 Å². The molecule has 1 heteroatoms. The van der Waals surface area contributed by atoms with Crippen molar-refractivity contribution < 1.29 is 0 Å². The maximum absolute atomic E-state index is 4.52. The van der Waals surface area contributed by atoms with Gasteiger partial charge in [0, 0.05) is 6.20 Å². The third-order valence-electron chi connectivity index (χ3n) is 3.20. The molecule has 2 rings (SSSR count). The van der Waals surface area contributed by atoms with Crippen LogP contribution < -0.4 is 5.32 Å². The Balaban J connectivity index is 1.84. The van der Waals surface area contributed by atoms with Gasteiger partial charge in [-0.3, -0.25) is 5.32 Å². The standard InChI is InChI=1S/C11H18N/c1-2-4-7-10(6-3-1)11-8-5-9-12-11/h5,9-11H,1-4,6-8H2. The second kappa shape index (κ2) is 3.97. The molecule has 1 unspecified atom stereocenters. The number of nitrogens with zero attached hydrogens (tertiary/aromatic N) is 1. The summed E-state index contributed by atoms with van der Waals surface area (Å²) in [5.41, 5.74) is 0. The summed E-state index contributed by atoms with van der Waals surface area (Å²) in [5.74, 6) is 0.905. The first-order chi connectivity index (χ1) is 5.97. The molecular formula is C11H18N. The van der Waals surface area contributed by atoms with Crippen molar-refractivity contribution in [1.82, 2.24) is 5.32 Å². The first kappa shape index (κ1) is 8.15. The zero-order valence-electron chi connectivity index (χ0n) is 7.71. The van der Waals surface area contributed by atoms with Crippen molar-refractivity contribution in [2.75, 3.05) is 0 Å². The lowest BCUT2D eigenvalue weighted by molar-refractivity contribution is 0.352. The number of hydrogen-bond acceptors (Lipinski definition) is 0. The van der Waals surface area contributed by atoms with Gasteiger partial charge in [-0.1, -0.05) is 31.8 Å². The lowest BCUT2D eigenvalue weighted by Gasteiger charge is -2.20. The molecule has 0 aromatic rings. The van der Waals surface area contributed by atoms with Gasteiger partial charge in [0.15, 0.2) is 0 Å². The third-order valence-corrected chi connectivity index (χ3v) is 3.20. The van der Waals surface area contributed by atoms with Crippen LogP contribution in [0.2, 0.25) is 0 Å². The van der Waals surface area contributed by atoms with E-state index in [0.29, 0.717) is 6.04 Å². The Hall–Kier alpha value is -0.460. The van der Waals surface area contributed by atoms with Crippen LogP contribution in [0.15, 0.2) is 12.3 Å². The maximum atomic E-state index is 4.52. The van der Waals surface area contributed by atoms with Gasteiger partial charge in [-0.2, -0.15) is 0 Å². The van der Waals surface area contributed by atoms with Gasteiger partial charge in [-0.25, -0.2) is 0 Å². The van der Waals surface area contributed by atoms with Crippen LogP contribution in [0, 0.1) is 5.92 Å². The van der Waals surface area contributed by atoms with Gasteiger partial charge in [-0.15, -0.1) is 0 Å². The molecule has 1 aliphatic heterocycles. The van der Waals surface area contributed by atoms with E-state index in [9.17, 15) is 0 Å². The van der Waals surface area contributed by atoms with Gasteiger partial charge >= 0.3 is 0 Å². The van der Waals surface area contributed by atoms with Crippen LogP contribution in [-0.2, 0) is 0 Å². The molecule has 1 fully saturated rings. The topological polar surface area (TPSA) is 14.1 Å². The second-order valence-corrected chi connectivity index (χ2v) is 4.09. The van der Waals surface area contributed by atoms with E-state index in [1.54, 1.807) is 0 Å². The highest BCUT2D eigenvalue weighted by atomic mass is 14.9. The summed E-state index contributed by atoms with van der Waals surface area (Å²) < 4.78 is 0. The van der Waals surface area contributed by atoms with Gasteiger partial charge in [0.1, 0.15) is 0 Å². The molecule has 1 atom stereocenters.